The number of carbonyl (C=O) groups is 2. The standard InChI is InChI=1S/C24H33NO7/c1-16(6-8-20(26)31-14-11-25-9-12-30-13-10-25)5-7-18-22(28-3)17(2)19-15-32-24(27)21(19)23(18)29-4/h5H,6-15H2,1-4H3. The summed E-state index contributed by atoms with van der Waals surface area (Å²) in [6, 6.07) is 0. The van der Waals surface area contributed by atoms with Gasteiger partial charge in [-0.25, -0.2) is 4.79 Å². The highest BCUT2D eigenvalue weighted by atomic mass is 16.5. The van der Waals surface area contributed by atoms with Crippen LogP contribution in [0.25, 0.3) is 0 Å². The summed E-state index contributed by atoms with van der Waals surface area (Å²) < 4.78 is 27.1. The number of hydrogen-bond donors (Lipinski definition) is 0. The minimum absolute atomic E-state index is 0.197. The summed E-state index contributed by atoms with van der Waals surface area (Å²) in [6.07, 6.45) is 3.49. The molecule has 176 valence electrons. The van der Waals surface area contributed by atoms with Gasteiger partial charge in [0.15, 0.2) is 0 Å². The van der Waals surface area contributed by atoms with E-state index in [1.54, 1.807) is 14.2 Å². The van der Waals surface area contributed by atoms with Crippen LogP contribution in [-0.4, -0.2) is 70.5 Å². The van der Waals surface area contributed by atoms with E-state index in [1.165, 1.54) is 0 Å². The van der Waals surface area contributed by atoms with Gasteiger partial charge in [0.1, 0.15) is 30.3 Å². The van der Waals surface area contributed by atoms with Crippen LogP contribution in [0.1, 0.15) is 46.8 Å². The monoisotopic (exact) mass is 447 g/mol. The molecule has 1 saturated heterocycles. The molecular weight excluding hydrogens is 414 g/mol. The fourth-order valence-corrected chi connectivity index (χ4v) is 4.10. The van der Waals surface area contributed by atoms with E-state index in [2.05, 4.69) is 4.90 Å². The Labute approximate surface area is 189 Å². The number of cyclic esters (lactones) is 1. The van der Waals surface area contributed by atoms with E-state index in [9.17, 15) is 9.59 Å². The number of carbonyl (C=O) groups excluding carboxylic acids is 2. The summed E-state index contributed by atoms with van der Waals surface area (Å²) in [4.78, 5) is 26.6. The minimum atomic E-state index is -0.371. The van der Waals surface area contributed by atoms with Gasteiger partial charge in [0.2, 0.25) is 0 Å². The normalized spacial score (nSPS) is 16.5. The molecule has 32 heavy (non-hydrogen) atoms. The zero-order valence-electron chi connectivity index (χ0n) is 19.5. The van der Waals surface area contributed by atoms with Crippen molar-refractivity contribution in [3.63, 3.8) is 0 Å². The van der Waals surface area contributed by atoms with E-state index < -0.39 is 0 Å². The van der Waals surface area contributed by atoms with Crippen molar-refractivity contribution in [1.29, 1.82) is 0 Å². The first-order valence-electron chi connectivity index (χ1n) is 11.0. The zero-order chi connectivity index (χ0) is 23.1. The molecular formula is C24H33NO7. The van der Waals surface area contributed by atoms with Gasteiger partial charge in [-0.05, 0) is 32.3 Å². The van der Waals surface area contributed by atoms with Crippen molar-refractivity contribution in [1.82, 2.24) is 4.90 Å². The predicted octanol–water partition coefficient (Wildman–Crippen LogP) is 2.83. The molecule has 0 aliphatic carbocycles. The lowest BCUT2D eigenvalue weighted by Crippen LogP contribution is -2.38. The molecule has 1 fully saturated rings. The van der Waals surface area contributed by atoms with Gasteiger partial charge in [-0.3, -0.25) is 9.69 Å². The first-order chi connectivity index (χ1) is 15.5. The van der Waals surface area contributed by atoms with Crippen LogP contribution in [0.4, 0.5) is 0 Å². The van der Waals surface area contributed by atoms with Crippen LogP contribution >= 0.6 is 0 Å². The molecule has 0 unspecified atom stereocenters. The topological polar surface area (TPSA) is 83.5 Å². The second-order valence-corrected chi connectivity index (χ2v) is 8.03. The maximum Gasteiger partial charge on any atom is 0.342 e. The van der Waals surface area contributed by atoms with Gasteiger partial charge in [0.05, 0.1) is 27.4 Å². The van der Waals surface area contributed by atoms with Crippen molar-refractivity contribution < 1.29 is 33.3 Å². The number of fused-ring (bicyclic) bond motifs is 1. The summed E-state index contributed by atoms with van der Waals surface area (Å²) in [7, 11) is 3.15. The summed E-state index contributed by atoms with van der Waals surface area (Å²) in [5.41, 5.74) is 4.04. The number of nitrogens with zero attached hydrogens (tertiary/aromatic N) is 1. The molecule has 0 aromatic heterocycles. The third-order valence-electron chi connectivity index (χ3n) is 5.98. The molecule has 0 N–H and O–H groups in total. The Morgan fingerprint density at radius 2 is 1.84 bits per heavy atom. The van der Waals surface area contributed by atoms with Crippen LogP contribution < -0.4 is 9.47 Å². The Hall–Kier alpha value is -2.58. The number of methoxy groups -OCH3 is 2. The highest BCUT2D eigenvalue weighted by Crippen LogP contribution is 2.42. The van der Waals surface area contributed by atoms with Gasteiger partial charge in [-0.1, -0.05) is 11.6 Å². The molecule has 8 nitrogen and oxygen atoms in total. The van der Waals surface area contributed by atoms with Crippen LogP contribution in [0.15, 0.2) is 11.6 Å². The lowest BCUT2D eigenvalue weighted by Gasteiger charge is -2.26. The van der Waals surface area contributed by atoms with Crippen LogP contribution in [-0.2, 0) is 32.0 Å². The average Bonchev–Trinajstić information content (AvgIpc) is 3.19. The average molecular weight is 448 g/mol. The molecule has 0 amide bonds. The second kappa shape index (κ2) is 11.3. The van der Waals surface area contributed by atoms with Crippen LogP contribution in [0.2, 0.25) is 0 Å². The zero-order valence-corrected chi connectivity index (χ0v) is 19.5. The molecule has 8 heteroatoms. The van der Waals surface area contributed by atoms with Gasteiger partial charge in [0.25, 0.3) is 0 Å². The number of morpholine rings is 1. The SMILES string of the molecule is COc1c(C)c2c(c(OC)c1CC=C(C)CCC(=O)OCCN1CCOCC1)C(=O)OC2. The third-order valence-corrected chi connectivity index (χ3v) is 5.98. The van der Waals surface area contributed by atoms with E-state index >= 15 is 0 Å². The fraction of sp³-hybridized carbons (Fsp3) is 0.583. The largest absolute Gasteiger partial charge is 0.496 e. The van der Waals surface area contributed by atoms with Gasteiger partial charge < -0.3 is 23.7 Å². The molecule has 0 bridgehead atoms. The summed E-state index contributed by atoms with van der Waals surface area (Å²) in [6.45, 7) is 8.51. The first kappa shape index (κ1) is 24.1. The molecule has 2 aliphatic rings. The Morgan fingerprint density at radius 1 is 1.12 bits per heavy atom. The van der Waals surface area contributed by atoms with E-state index in [-0.39, 0.29) is 18.5 Å². The first-order valence-corrected chi connectivity index (χ1v) is 11.0. The highest BCUT2D eigenvalue weighted by Gasteiger charge is 2.32. The second-order valence-electron chi connectivity index (χ2n) is 8.03. The molecule has 1 aromatic rings. The Morgan fingerprint density at radius 3 is 2.53 bits per heavy atom. The van der Waals surface area contributed by atoms with E-state index in [0.29, 0.717) is 42.9 Å². The molecule has 0 radical (unpaired) electrons. The Bertz CT molecular complexity index is 872. The summed E-state index contributed by atoms with van der Waals surface area (Å²) >= 11 is 0. The predicted molar refractivity (Wildman–Crippen MR) is 118 cm³/mol. The van der Waals surface area contributed by atoms with Gasteiger partial charge in [0, 0.05) is 37.2 Å². The Kier molecular flexibility index (Phi) is 8.53. The quantitative estimate of drug-likeness (QED) is 0.400. The lowest BCUT2D eigenvalue weighted by atomic mass is 9.94. The van der Waals surface area contributed by atoms with Crippen molar-refractivity contribution in [3.05, 3.63) is 33.9 Å². The maximum absolute atomic E-state index is 12.2. The number of ether oxygens (including phenoxy) is 5. The molecule has 0 saturated carbocycles. The van der Waals surface area contributed by atoms with Crippen LogP contribution in [0, 0.1) is 6.92 Å². The lowest BCUT2D eigenvalue weighted by molar-refractivity contribution is -0.144. The van der Waals surface area contributed by atoms with Crippen molar-refractivity contribution in [2.75, 3.05) is 53.7 Å². The van der Waals surface area contributed by atoms with Crippen molar-refractivity contribution in [2.45, 2.75) is 39.7 Å². The third kappa shape index (κ3) is 5.61. The number of allylic oxidation sites excluding steroid dienone is 2. The van der Waals surface area contributed by atoms with E-state index in [4.69, 9.17) is 23.7 Å². The van der Waals surface area contributed by atoms with Gasteiger partial charge in [-0.2, -0.15) is 0 Å². The molecule has 0 spiro atoms. The van der Waals surface area contributed by atoms with E-state index in [0.717, 1.165) is 55.1 Å². The maximum atomic E-state index is 12.2. The summed E-state index contributed by atoms with van der Waals surface area (Å²) in [5.74, 6) is 0.628. The van der Waals surface area contributed by atoms with Gasteiger partial charge in [-0.15, -0.1) is 0 Å². The van der Waals surface area contributed by atoms with Crippen molar-refractivity contribution in [3.8, 4) is 11.5 Å². The number of esters is 2. The minimum Gasteiger partial charge on any atom is -0.496 e. The highest BCUT2D eigenvalue weighted by molar-refractivity contribution is 5.98. The van der Waals surface area contributed by atoms with Crippen LogP contribution in [0.3, 0.4) is 0 Å². The fourth-order valence-electron chi connectivity index (χ4n) is 4.10. The van der Waals surface area contributed by atoms with Gasteiger partial charge >= 0.3 is 11.9 Å². The number of rotatable bonds is 10. The molecule has 2 aliphatic heterocycles. The molecule has 3 rings (SSSR count). The smallest absolute Gasteiger partial charge is 0.342 e. The number of hydrogen-bond acceptors (Lipinski definition) is 8. The number of benzene rings is 1. The van der Waals surface area contributed by atoms with Crippen molar-refractivity contribution in [2.24, 2.45) is 0 Å². The molecule has 2 heterocycles. The molecule has 0 atom stereocenters. The molecule has 1 aromatic carbocycles. The summed E-state index contributed by atoms with van der Waals surface area (Å²) in [5, 5.41) is 0. The Balaban J connectivity index is 1.57. The van der Waals surface area contributed by atoms with Crippen LogP contribution in [0.5, 0.6) is 11.5 Å². The van der Waals surface area contributed by atoms with E-state index in [1.807, 2.05) is 19.9 Å². The van der Waals surface area contributed by atoms with Crippen molar-refractivity contribution >= 4 is 11.9 Å².